The van der Waals surface area contributed by atoms with Gasteiger partial charge in [0.15, 0.2) is 0 Å². The number of alkyl carbamates (subject to hydrolysis) is 1. The summed E-state index contributed by atoms with van der Waals surface area (Å²) in [7, 11) is 0. The minimum Gasteiger partial charge on any atom is -0.445 e. The highest BCUT2D eigenvalue weighted by Gasteiger charge is 2.40. The van der Waals surface area contributed by atoms with Gasteiger partial charge in [-0.3, -0.25) is 15.0 Å². The molecule has 0 bridgehead atoms. The molecule has 248 valence electrons. The Labute approximate surface area is 273 Å². The molecule has 12 nitrogen and oxygen atoms in total. The summed E-state index contributed by atoms with van der Waals surface area (Å²) in [5.74, 6) is -2.11. The van der Waals surface area contributed by atoms with Crippen molar-refractivity contribution < 1.29 is 38.2 Å². The summed E-state index contributed by atoms with van der Waals surface area (Å²) in [5, 5.41) is 3.50. The molecule has 1 aliphatic heterocycles. The van der Waals surface area contributed by atoms with E-state index in [-0.39, 0.29) is 39.1 Å². The summed E-state index contributed by atoms with van der Waals surface area (Å²) >= 11 is 0. The first-order chi connectivity index (χ1) is 22.5. The normalized spacial score (nSPS) is 14.9. The van der Waals surface area contributed by atoms with Crippen LogP contribution in [0.5, 0.6) is 0 Å². The fourth-order valence-corrected chi connectivity index (χ4v) is 4.77. The van der Waals surface area contributed by atoms with Gasteiger partial charge >= 0.3 is 18.3 Å². The molecule has 1 heterocycles. The molecule has 3 aromatic rings. The molecule has 2 atom stereocenters. The van der Waals surface area contributed by atoms with Crippen molar-refractivity contribution in [2.45, 2.75) is 58.5 Å². The molecule has 4 rings (SSSR count). The van der Waals surface area contributed by atoms with Crippen molar-refractivity contribution in [1.29, 1.82) is 0 Å². The van der Waals surface area contributed by atoms with Gasteiger partial charge in [-0.25, -0.2) is 24.3 Å². The highest BCUT2D eigenvalue weighted by atomic mass is 16.6. The zero-order valence-electron chi connectivity index (χ0n) is 26.7. The third-order valence-electron chi connectivity index (χ3n) is 7.11. The molecule has 2 N–H and O–H groups in total. The number of hydrazine groups is 1. The van der Waals surface area contributed by atoms with Crippen molar-refractivity contribution in [1.82, 2.24) is 20.7 Å². The Bertz CT molecular complexity index is 1510. The van der Waals surface area contributed by atoms with Crippen LogP contribution in [0.25, 0.3) is 0 Å². The van der Waals surface area contributed by atoms with E-state index in [9.17, 15) is 24.0 Å². The van der Waals surface area contributed by atoms with E-state index in [2.05, 4.69) is 10.7 Å². The fourth-order valence-electron chi connectivity index (χ4n) is 4.77. The molecule has 12 heteroatoms. The van der Waals surface area contributed by atoms with Gasteiger partial charge in [0.2, 0.25) is 5.91 Å². The van der Waals surface area contributed by atoms with E-state index in [0.29, 0.717) is 0 Å². The number of nitrogens with one attached hydrogen (secondary N) is 2. The van der Waals surface area contributed by atoms with Gasteiger partial charge < -0.3 is 19.5 Å². The molecule has 1 aliphatic rings. The van der Waals surface area contributed by atoms with E-state index < -0.39 is 47.7 Å². The van der Waals surface area contributed by atoms with Crippen LogP contribution in [0, 0.1) is 5.92 Å². The fraction of sp³-hybridized carbons (Fsp3) is 0.343. The van der Waals surface area contributed by atoms with E-state index in [0.717, 1.165) is 26.6 Å². The molecule has 3 aromatic carbocycles. The Kier molecular flexibility index (Phi) is 11.9. The van der Waals surface area contributed by atoms with Gasteiger partial charge in [0.05, 0.1) is 12.5 Å². The number of carbonyl (C=O) groups excluding carboxylic acids is 5. The van der Waals surface area contributed by atoms with E-state index in [1.165, 1.54) is 0 Å². The Morgan fingerprint density at radius 2 is 1.36 bits per heavy atom. The first-order valence-electron chi connectivity index (χ1n) is 15.3. The lowest BCUT2D eigenvalue weighted by Crippen LogP contribution is -2.57. The second-order valence-corrected chi connectivity index (χ2v) is 12.0. The number of likely N-dealkylation sites (tertiary alicyclic amines) is 1. The van der Waals surface area contributed by atoms with Gasteiger partial charge in [-0.15, -0.1) is 0 Å². The molecule has 47 heavy (non-hydrogen) atoms. The third-order valence-corrected chi connectivity index (χ3v) is 7.11. The van der Waals surface area contributed by atoms with Crippen LogP contribution in [0.15, 0.2) is 91.0 Å². The van der Waals surface area contributed by atoms with Gasteiger partial charge in [-0.1, -0.05) is 91.0 Å². The highest BCUT2D eigenvalue weighted by Crippen LogP contribution is 2.22. The molecular weight excluding hydrogens is 604 g/mol. The molecule has 5 amide bonds. The van der Waals surface area contributed by atoms with Crippen LogP contribution in [-0.2, 0) is 43.4 Å². The van der Waals surface area contributed by atoms with Crippen molar-refractivity contribution in [3.8, 4) is 0 Å². The minimum absolute atomic E-state index is 0.00219. The maximum Gasteiger partial charge on any atom is 0.429 e. The van der Waals surface area contributed by atoms with Crippen molar-refractivity contribution >= 4 is 30.1 Å². The second-order valence-electron chi connectivity index (χ2n) is 12.0. The first-order valence-corrected chi connectivity index (χ1v) is 15.3. The quantitative estimate of drug-likeness (QED) is 0.233. The molecular formula is C35H40N4O8. The summed E-state index contributed by atoms with van der Waals surface area (Å²) in [6.45, 7) is 4.79. The molecule has 0 spiro atoms. The lowest BCUT2D eigenvalue weighted by molar-refractivity contribution is -0.133. The van der Waals surface area contributed by atoms with Crippen molar-refractivity contribution in [3.05, 3.63) is 108 Å². The number of carbonyl (C=O) groups is 5. The maximum atomic E-state index is 13.7. The number of ether oxygens (including phenoxy) is 3. The Morgan fingerprint density at radius 1 is 0.830 bits per heavy atom. The van der Waals surface area contributed by atoms with Crippen LogP contribution in [0.2, 0.25) is 0 Å². The molecule has 1 fully saturated rings. The predicted molar refractivity (Wildman–Crippen MR) is 171 cm³/mol. The number of imide groups is 1. The summed E-state index contributed by atoms with van der Waals surface area (Å²) in [4.78, 5) is 66.7. The number of amides is 5. The van der Waals surface area contributed by atoms with Crippen LogP contribution < -0.4 is 10.7 Å². The van der Waals surface area contributed by atoms with E-state index in [4.69, 9.17) is 14.2 Å². The number of nitrogens with zero attached hydrogens (tertiary/aromatic N) is 2. The largest absolute Gasteiger partial charge is 0.445 e. The summed E-state index contributed by atoms with van der Waals surface area (Å²) < 4.78 is 16.2. The lowest BCUT2D eigenvalue weighted by atomic mass is 10.1. The Balaban J connectivity index is 1.45. The van der Waals surface area contributed by atoms with E-state index in [1.807, 2.05) is 42.5 Å². The second kappa shape index (κ2) is 16.3. The van der Waals surface area contributed by atoms with Gasteiger partial charge in [-0.2, -0.15) is 0 Å². The molecule has 1 unspecified atom stereocenters. The van der Waals surface area contributed by atoms with Crippen LogP contribution >= 0.6 is 0 Å². The summed E-state index contributed by atoms with van der Waals surface area (Å²) in [6, 6.07) is 26.0. The zero-order chi connectivity index (χ0) is 33.8. The molecule has 0 aliphatic carbocycles. The van der Waals surface area contributed by atoms with Crippen molar-refractivity contribution in [3.63, 3.8) is 0 Å². The topological polar surface area (TPSA) is 144 Å². The zero-order valence-corrected chi connectivity index (χ0v) is 26.7. The highest BCUT2D eigenvalue weighted by molar-refractivity contribution is 5.95. The number of hydrogen-bond acceptors (Lipinski definition) is 8. The van der Waals surface area contributed by atoms with E-state index >= 15 is 0 Å². The Hall–Kier alpha value is -5.39. The molecule has 0 aromatic heterocycles. The van der Waals surface area contributed by atoms with Gasteiger partial charge in [0.1, 0.15) is 24.9 Å². The van der Waals surface area contributed by atoms with Crippen molar-refractivity contribution in [2.24, 2.45) is 5.92 Å². The monoisotopic (exact) mass is 644 g/mol. The third kappa shape index (κ3) is 10.9. The number of rotatable bonds is 10. The van der Waals surface area contributed by atoms with Gasteiger partial charge in [0.25, 0.3) is 5.91 Å². The van der Waals surface area contributed by atoms with Crippen LogP contribution in [-0.4, -0.2) is 64.7 Å². The van der Waals surface area contributed by atoms with Gasteiger partial charge in [-0.05, 0) is 43.9 Å². The number of hydrogen-bond donors (Lipinski definition) is 2. The standard InChI is InChI=1S/C35H40N4O8/c1-35(2,3)47-34(44)39(22-28-19-20-38(31(28)41)33(43)46-24-27-17-11-6-12-18-27)37-30(40)29(21-25-13-7-4-8-14-25)36-32(42)45-23-26-15-9-5-10-16-26/h4-18,28-29H,19-24H2,1-3H3,(H,36,42)(H,37,40)/t28?,29-/m0/s1. The molecule has 0 saturated carbocycles. The average molecular weight is 645 g/mol. The molecule has 0 radical (unpaired) electrons. The summed E-state index contributed by atoms with van der Waals surface area (Å²) in [5.41, 5.74) is 3.90. The van der Waals surface area contributed by atoms with Crippen LogP contribution in [0.1, 0.15) is 43.9 Å². The van der Waals surface area contributed by atoms with Crippen molar-refractivity contribution in [2.75, 3.05) is 13.1 Å². The van der Waals surface area contributed by atoms with Crippen LogP contribution in [0.3, 0.4) is 0 Å². The van der Waals surface area contributed by atoms with E-state index in [1.54, 1.807) is 69.3 Å². The SMILES string of the molecule is CC(C)(C)OC(=O)N(CC1CCN(C(=O)OCc2ccccc2)C1=O)NC(=O)[C@H](Cc1ccccc1)NC(=O)OCc1ccccc1. The van der Waals surface area contributed by atoms with Crippen LogP contribution in [0.4, 0.5) is 14.4 Å². The Morgan fingerprint density at radius 3 is 1.91 bits per heavy atom. The minimum atomic E-state index is -1.16. The maximum absolute atomic E-state index is 13.7. The smallest absolute Gasteiger partial charge is 0.429 e. The number of benzene rings is 3. The first kappa shape index (κ1) is 34.5. The van der Waals surface area contributed by atoms with Gasteiger partial charge in [0, 0.05) is 13.0 Å². The molecule has 1 saturated heterocycles. The summed E-state index contributed by atoms with van der Waals surface area (Å²) in [6.07, 6.45) is -2.22. The average Bonchev–Trinajstić information content (AvgIpc) is 3.42. The predicted octanol–water partition coefficient (Wildman–Crippen LogP) is 4.98. The lowest BCUT2D eigenvalue weighted by Gasteiger charge is -2.30.